The Kier molecular flexibility index (Phi) is 14.2. The molecule has 0 saturated heterocycles. The zero-order valence-corrected chi connectivity index (χ0v) is 12.3. The zero-order valence-electron chi connectivity index (χ0n) is 11.3. The Morgan fingerprint density at radius 3 is 1.06 bits per heavy atom. The molecule has 0 N–H and O–H groups in total. The summed E-state index contributed by atoms with van der Waals surface area (Å²) in [5.74, 6) is 0. The van der Waals surface area contributed by atoms with E-state index in [1.54, 1.807) is 21.3 Å². The second-order valence-corrected chi connectivity index (χ2v) is 6.10. The SMILES string of the molecule is C=C.CC[Si](OC)(OC)OC.c1ccccc1. The molecule has 0 unspecified atom stereocenters. The Labute approximate surface area is 106 Å². The standard InChI is InChI=1S/C6H6.C5H14O3Si.C2H4/c1-2-4-6-5-3-1;1-5-9(6-2,7-3)8-4;1-2/h1-6H;5H2,1-4H3;1-2H2. The molecular weight excluding hydrogens is 232 g/mol. The van der Waals surface area contributed by atoms with Crippen molar-refractivity contribution in [2.45, 2.75) is 13.0 Å². The van der Waals surface area contributed by atoms with Crippen LogP contribution in [0.3, 0.4) is 0 Å². The molecule has 0 heterocycles. The van der Waals surface area contributed by atoms with Crippen molar-refractivity contribution in [2.24, 2.45) is 0 Å². The molecule has 0 spiro atoms. The van der Waals surface area contributed by atoms with E-state index in [4.69, 9.17) is 13.3 Å². The molecule has 3 nitrogen and oxygen atoms in total. The molecule has 17 heavy (non-hydrogen) atoms. The predicted octanol–water partition coefficient (Wildman–Crippen LogP) is 3.37. The summed E-state index contributed by atoms with van der Waals surface area (Å²) in [6.45, 7) is 7.99. The maximum absolute atomic E-state index is 5.08. The number of hydrogen-bond acceptors (Lipinski definition) is 3. The Bertz CT molecular complexity index is 193. The normalized spacial score (nSPS) is 9.41. The minimum Gasteiger partial charge on any atom is -0.377 e. The summed E-state index contributed by atoms with van der Waals surface area (Å²) in [6, 6.07) is 12.8. The first-order valence-electron chi connectivity index (χ1n) is 5.40. The minimum absolute atomic E-state index is 0.816. The van der Waals surface area contributed by atoms with Crippen molar-refractivity contribution in [2.75, 3.05) is 21.3 Å². The first kappa shape index (κ1) is 18.4. The number of hydrogen-bond donors (Lipinski definition) is 0. The average molecular weight is 256 g/mol. The maximum Gasteiger partial charge on any atom is 0.499 e. The van der Waals surface area contributed by atoms with Crippen LogP contribution in [0.5, 0.6) is 0 Å². The molecular formula is C13H24O3Si. The Morgan fingerprint density at radius 1 is 0.765 bits per heavy atom. The molecule has 0 bridgehead atoms. The quantitative estimate of drug-likeness (QED) is 0.610. The highest BCUT2D eigenvalue weighted by Crippen LogP contribution is 2.10. The van der Waals surface area contributed by atoms with Gasteiger partial charge in [0.25, 0.3) is 0 Å². The fraction of sp³-hybridized carbons (Fsp3) is 0.385. The van der Waals surface area contributed by atoms with Crippen LogP contribution in [0.1, 0.15) is 6.92 Å². The van der Waals surface area contributed by atoms with Crippen LogP contribution in [0.25, 0.3) is 0 Å². The van der Waals surface area contributed by atoms with Gasteiger partial charge < -0.3 is 13.3 Å². The van der Waals surface area contributed by atoms with Gasteiger partial charge in [0.2, 0.25) is 0 Å². The zero-order chi connectivity index (χ0) is 13.6. The molecule has 0 aliphatic carbocycles. The van der Waals surface area contributed by atoms with Gasteiger partial charge >= 0.3 is 8.80 Å². The highest BCUT2D eigenvalue weighted by Gasteiger charge is 2.34. The van der Waals surface area contributed by atoms with E-state index in [0.717, 1.165) is 6.04 Å². The summed E-state index contributed by atoms with van der Waals surface area (Å²) in [5, 5.41) is 0. The van der Waals surface area contributed by atoms with E-state index in [-0.39, 0.29) is 0 Å². The average Bonchev–Trinajstić information content (AvgIpc) is 2.47. The van der Waals surface area contributed by atoms with Gasteiger partial charge in [-0.05, 0) is 0 Å². The summed E-state index contributed by atoms with van der Waals surface area (Å²) in [6.07, 6.45) is 0. The lowest BCUT2D eigenvalue weighted by Crippen LogP contribution is -2.41. The molecule has 1 rings (SSSR count). The molecule has 0 saturated carbocycles. The van der Waals surface area contributed by atoms with Crippen LogP contribution in [0.4, 0.5) is 0 Å². The molecule has 0 aliphatic heterocycles. The Hall–Kier alpha value is -0.943. The molecule has 0 amide bonds. The van der Waals surface area contributed by atoms with Crippen LogP contribution in [0, 0.1) is 0 Å². The van der Waals surface area contributed by atoms with Crippen molar-refractivity contribution in [3.8, 4) is 0 Å². The molecule has 0 fully saturated rings. The van der Waals surface area contributed by atoms with E-state index in [9.17, 15) is 0 Å². The van der Waals surface area contributed by atoms with E-state index >= 15 is 0 Å². The summed E-state index contributed by atoms with van der Waals surface area (Å²) < 4.78 is 15.2. The largest absolute Gasteiger partial charge is 0.499 e. The lowest BCUT2D eigenvalue weighted by atomic mass is 10.4. The van der Waals surface area contributed by atoms with Crippen LogP contribution >= 0.6 is 0 Å². The monoisotopic (exact) mass is 256 g/mol. The van der Waals surface area contributed by atoms with Gasteiger partial charge in [-0.1, -0.05) is 43.3 Å². The molecule has 98 valence electrons. The molecule has 0 radical (unpaired) electrons. The summed E-state index contributed by atoms with van der Waals surface area (Å²) in [4.78, 5) is 0. The first-order chi connectivity index (χ1) is 8.24. The van der Waals surface area contributed by atoms with E-state index in [2.05, 4.69) is 13.2 Å². The van der Waals surface area contributed by atoms with E-state index in [0.29, 0.717) is 0 Å². The van der Waals surface area contributed by atoms with Gasteiger partial charge in [-0.15, -0.1) is 13.2 Å². The number of benzene rings is 1. The number of rotatable bonds is 4. The van der Waals surface area contributed by atoms with Gasteiger partial charge in [0.15, 0.2) is 0 Å². The Balaban J connectivity index is 0. The molecule has 0 aliphatic rings. The van der Waals surface area contributed by atoms with Crippen LogP contribution in [-0.4, -0.2) is 30.1 Å². The van der Waals surface area contributed by atoms with Gasteiger partial charge in [-0.2, -0.15) is 0 Å². The van der Waals surface area contributed by atoms with Crippen molar-refractivity contribution in [3.63, 3.8) is 0 Å². The van der Waals surface area contributed by atoms with Crippen LogP contribution in [0.15, 0.2) is 49.6 Å². The van der Waals surface area contributed by atoms with Crippen molar-refractivity contribution in [3.05, 3.63) is 49.6 Å². The second kappa shape index (κ2) is 13.1. The summed E-state index contributed by atoms with van der Waals surface area (Å²) >= 11 is 0. The maximum atomic E-state index is 5.08. The predicted molar refractivity (Wildman–Crippen MR) is 75.0 cm³/mol. The first-order valence-corrected chi connectivity index (χ1v) is 7.33. The lowest BCUT2D eigenvalue weighted by Gasteiger charge is -2.22. The lowest BCUT2D eigenvalue weighted by molar-refractivity contribution is 0.125. The van der Waals surface area contributed by atoms with Gasteiger partial charge in [0.05, 0.1) is 0 Å². The Morgan fingerprint density at radius 2 is 1.00 bits per heavy atom. The summed E-state index contributed by atoms with van der Waals surface area (Å²) in [7, 11) is 2.65. The summed E-state index contributed by atoms with van der Waals surface area (Å²) in [5.41, 5.74) is 0. The third-order valence-electron chi connectivity index (χ3n) is 2.03. The molecule has 0 aromatic heterocycles. The van der Waals surface area contributed by atoms with Crippen molar-refractivity contribution >= 4 is 8.80 Å². The van der Waals surface area contributed by atoms with Gasteiger partial charge in [0, 0.05) is 27.4 Å². The topological polar surface area (TPSA) is 27.7 Å². The van der Waals surface area contributed by atoms with Gasteiger partial charge in [0.1, 0.15) is 0 Å². The van der Waals surface area contributed by atoms with Crippen LogP contribution < -0.4 is 0 Å². The van der Waals surface area contributed by atoms with E-state index < -0.39 is 8.80 Å². The van der Waals surface area contributed by atoms with E-state index in [1.807, 2.05) is 43.3 Å². The van der Waals surface area contributed by atoms with Crippen molar-refractivity contribution in [1.82, 2.24) is 0 Å². The van der Waals surface area contributed by atoms with Gasteiger partial charge in [-0.25, -0.2) is 0 Å². The van der Waals surface area contributed by atoms with Crippen LogP contribution in [-0.2, 0) is 13.3 Å². The second-order valence-electron chi connectivity index (χ2n) is 2.80. The molecule has 1 aromatic rings. The van der Waals surface area contributed by atoms with E-state index in [1.165, 1.54) is 0 Å². The third kappa shape index (κ3) is 8.82. The minimum atomic E-state index is -2.19. The molecule has 4 heteroatoms. The molecule has 1 aromatic carbocycles. The smallest absolute Gasteiger partial charge is 0.377 e. The van der Waals surface area contributed by atoms with Crippen molar-refractivity contribution in [1.29, 1.82) is 0 Å². The van der Waals surface area contributed by atoms with Crippen molar-refractivity contribution < 1.29 is 13.3 Å². The highest BCUT2D eigenvalue weighted by molar-refractivity contribution is 6.60. The molecule has 0 atom stereocenters. The fourth-order valence-corrected chi connectivity index (χ4v) is 2.43. The highest BCUT2D eigenvalue weighted by atomic mass is 28.4. The van der Waals surface area contributed by atoms with Gasteiger partial charge in [-0.3, -0.25) is 0 Å². The fourth-order valence-electron chi connectivity index (χ4n) is 1.07. The van der Waals surface area contributed by atoms with Crippen LogP contribution in [0.2, 0.25) is 6.04 Å². The third-order valence-corrected chi connectivity index (χ3v) is 4.76.